The molecule has 24 heavy (non-hydrogen) atoms. The summed E-state index contributed by atoms with van der Waals surface area (Å²) < 4.78 is 1.89. The lowest BCUT2D eigenvalue weighted by molar-refractivity contribution is -0.144. The number of nitrogens with one attached hydrogen (secondary N) is 2. The van der Waals surface area contributed by atoms with E-state index in [-0.39, 0.29) is 5.91 Å². The average Bonchev–Trinajstić information content (AvgIpc) is 3.35. The molecule has 2 aliphatic heterocycles. The average molecular weight is 328 g/mol. The maximum Gasteiger partial charge on any atom is 0.250 e. The zero-order valence-electron chi connectivity index (χ0n) is 13.8. The van der Waals surface area contributed by atoms with Crippen LogP contribution in [-0.4, -0.2) is 57.0 Å². The molecule has 4 heterocycles. The molecule has 7 nitrogen and oxygen atoms in total. The molecule has 2 fully saturated rings. The minimum absolute atomic E-state index is 0.235. The third-order valence-corrected chi connectivity index (χ3v) is 5.54. The van der Waals surface area contributed by atoms with Gasteiger partial charge in [-0.25, -0.2) is 0 Å². The van der Waals surface area contributed by atoms with E-state index in [2.05, 4.69) is 20.6 Å². The lowest BCUT2D eigenvalue weighted by atomic mass is 9.85. The van der Waals surface area contributed by atoms with E-state index < -0.39 is 5.54 Å². The summed E-state index contributed by atoms with van der Waals surface area (Å²) in [6, 6.07) is 1.90. The molecule has 0 aromatic carbocycles. The van der Waals surface area contributed by atoms with Crippen molar-refractivity contribution in [2.45, 2.75) is 37.1 Å². The van der Waals surface area contributed by atoms with Gasteiger partial charge in [0.15, 0.2) is 0 Å². The summed E-state index contributed by atoms with van der Waals surface area (Å²) in [5.41, 5.74) is 0.739. The van der Waals surface area contributed by atoms with Crippen LogP contribution in [0.1, 0.15) is 37.2 Å². The van der Waals surface area contributed by atoms with Crippen molar-refractivity contribution in [1.82, 2.24) is 30.2 Å². The van der Waals surface area contributed by atoms with Gasteiger partial charge in [0.05, 0.1) is 6.20 Å². The van der Waals surface area contributed by atoms with Crippen molar-refractivity contribution in [2.24, 2.45) is 0 Å². The van der Waals surface area contributed by atoms with E-state index in [1.54, 1.807) is 6.20 Å². The Morgan fingerprint density at radius 2 is 2.04 bits per heavy atom. The minimum atomic E-state index is -0.517. The number of rotatable bonds is 3. The topological polar surface area (TPSA) is 78.8 Å². The molecule has 128 valence electrons. The van der Waals surface area contributed by atoms with Gasteiger partial charge in [-0.15, -0.1) is 0 Å². The maximum atomic E-state index is 13.4. The van der Waals surface area contributed by atoms with Crippen molar-refractivity contribution in [2.75, 3.05) is 26.2 Å². The Balaban J connectivity index is 1.50. The van der Waals surface area contributed by atoms with E-state index in [1.165, 1.54) is 5.56 Å². The molecule has 2 aliphatic rings. The van der Waals surface area contributed by atoms with Crippen LogP contribution in [0.3, 0.4) is 0 Å². The van der Waals surface area contributed by atoms with Crippen LogP contribution in [0.5, 0.6) is 0 Å². The fourth-order valence-corrected chi connectivity index (χ4v) is 4.10. The highest BCUT2D eigenvalue weighted by atomic mass is 16.2. The fourth-order valence-electron chi connectivity index (χ4n) is 4.10. The van der Waals surface area contributed by atoms with Crippen LogP contribution in [0.4, 0.5) is 0 Å². The van der Waals surface area contributed by atoms with Crippen LogP contribution >= 0.6 is 0 Å². The first-order chi connectivity index (χ1) is 11.8. The van der Waals surface area contributed by atoms with Gasteiger partial charge in [0.25, 0.3) is 5.91 Å². The van der Waals surface area contributed by atoms with Gasteiger partial charge in [0, 0.05) is 31.7 Å². The first-order valence-electron chi connectivity index (χ1n) is 8.78. The number of nitrogens with zero attached hydrogens (tertiary/aromatic N) is 4. The highest BCUT2D eigenvalue weighted by Gasteiger charge is 2.45. The van der Waals surface area contributed by atoms with E-state index in [1.807, 2.05) is 34.2 Å². The van der Waals surface area contributed by atoms with Gasteiger partial charge in [-0.3, -0.25) is 14.6 Å². The number of hydrogen-bond acceptors (Lipinski definition) is 4. The van der Waals surface area contributed by atoms with Crippen LogP contribution in [0.25, 0.3) is 0 Å². The third-order valence-electron chi connectivity index (χ3n) is 5.54. The van der Waals surface area contributed by atoms with Crippen LogP contribution < -0.4 is 5.32 Å². The van der Waals surface area contributed by atoms with Gasteiger partial charge in [0.1, 0.15) is 5.54 Å². The number of amides is 1. The second kappa shape index (κ2) is 6.39. The van der Waals surface area contributed by atoms with Gasteiger partial charge in [-0.05, 0) is 56.3 Å². The van der Waals surface area contributed by atoms with Crippen LogP contribution in [0, 0.1) is 0 Å². The number of carbonyl (C=O) groups is 1. The lowest BCUT2D eigenvalue weighted by Crippen LogP contribution is -2.56. The molecule has 0 spiro atoms. The number of likely N-dealkylation sites (tertiary alicyclic amines) is 1. The molecule has 0 atom stereocenters. The van der Waals surface area contributed by atoms with Gasteiger partial charge >= 0.3 is 0 Å². The molecule has 0 unspecified atom stereocenters. The molecule has 0 saturated carbocycles. The van der Waals surface area contributed by atoms with Crippen molar-refractivity contribution < 1.29 is 4.79 Å². The molecule has 2 aromatic rings. The summed E-state index contributed by atoms with van der Waals surface area (Å²) >= 11 is 0. The number of hydrogen-bond donors (Lipinski definition) is 2. The largest absolute Gasteiger partial charge is 0.341 e. The SMILES string of the molecule is O=C(N1CCC(c2cn[nH]c2)CC1)C1(n2cccn2)CCNCC1. The summed E-state index contributed by atoms with van der Waals surface area (Å²) in [4.78, 5) is 15.4. The molecule has 2 saturated heterocycles. The van der Waals surface area contributed by atoms with E-state index in [0.717, 1.165) is 51.9 Å². The molecule has 0 aliphatic carbocycles. The summed E-state index contributed by atoms with van der Waals surface area (Å²) in [6.45, 7) is 3.34. The Labute approximate surface area is 141 Å². The van der Waals surface area contributed by atoms with Gasteiger partial charge < -0.3 is 10.2 Å². The molecular weight excluding hydrogens is 304 g/mol. The second-order valence-corrected chi connectivity index (χ2v) is 6.83. The molecule has 1 amide bonds. The maximum absolute atomic E-state index is 13.4. The first kappa shape index (κ1) is 15.4. The summed E-state index contributed by atoms with van der Waals surface area (Å²) in [5, 5.41) is 14.7. The zero-order chi connectivity index (χ0) is 16.4. The smallest absolute Gasteiger partial charge is 0.250 e. The number of piperidine rings is 2. The van der Waals surface area contributed by atoms with E-state index in [4.69, 9.17) is 0 Å². The van der Waals surface area contributed by atoms with E-state index in [9.17, 15) is 4.79 Å². The highest BCUT2D eigenvalue weighted by Crippen LogP contribution is 2.33. The number of aromatic amines is 1. The molecule has 7 heteroatoms. The molecular formula is C17H24N6O. The van der Waals surface area contributed by atoms with Crippen molar-refractivity contribution in [3.05, 3.63) is 36.4 Å². The molecule has 0 bridgehead atoms. The number of H-pyrrole nitrogens is 1. The van der Waals surface area contributed by atoms with E-state index in [0.29, 0.717) is 5.92 Å². The zero-order valence-corrected chi connectivity index (χ0v) is 13.8. The Morgan fingerprint density at radius 1 is 1.25 bits per heavy atom. The summed E-state index contributed by atoms with van der Waals surface area (Å²) in [6.07, 6.45) is 11.2. The Kier molecular flexibility index (Phi) is 4.10. The number of aromatic nitrogens is 4. The van der Waals surface area contributed by atoms with Crippen LogP contribution in [-0.2, 0) is 10.3 Å². The van der Waals surface area contributed by atoms with Gasteiger partial charge in [-0.2, -0.15) is 10.2 Å². The standard InChI is InChI=1S/C17H24N6O/c24-16(17(4-7-18-8-5-17)23-9-1-6-21-23)22-10-2-14(3-11-22)15-12-19-20-13-15/h1,6,9,12-14,18H,2-5,7-8,10-11H2,(H,19,20). The monoisotopic (exact) mass is 328 g/mol. The Morgan fingerprint density at radius 3 is 2.67 bits per heavy atom. The highest BCUT2D eigenvalue weighted by molar-refractivity contribution is 5.84. The van der Waals surface area contributed by atoms with Crippen LogP contribution in [0.2, 0.25) is 0 Å². The third kappa shape index (κ3) is 2.62. The van der Waals surface area contributed by atoms with Gasteiger partial charge in [0.2, 0.25) is 0 Å². The van der Waals surface area contributed by atoms with E-state index >= 15 is 0 Å². The first-order valence-corrected chi connectivity index (χ1v) is 8.78. The minimum Gasteiger partial charge on any atom is -0.341 e. The van der Waals surface area contributed by atoms with Crippen molar-refractivity contribution in [3.63, 3.8) is 0 Å². The lowest BCUT2D eigenvalue weighted by Gasteiger charge is -2.42. The molecule has 4 rings (SSSR count). The normalized spacial score (nSPS) is 21.8. The Hall–Kier alpha value is -2.15. The Bertz CT molecular complexity index is 651. The summed E-state index contributed by atoms with van der Waals surface area (Å²) in [5.74, 6) is 0.736. The predicted molar refractivity (Wildman–Crippen MR) is 89.4 cm³/mol. The molecule has 2 N–H and O–H groups in total. The summed E-state index contributed by atoms with van der Waals surface area (Å²) in [7, 11) is 0. The molecule has 0 radical (unpaired) electrons. The van der Waals surface area contributed by atoms with Gasteiger partial charge in [-0.1, -0.05) is 0 Å². The van der Waals surface area contributed by atoms with Crippen molar-refractivity contribution in [3.8, 4) is 0 Å². The predicted octanol–water partition coefficient (Wildman–Crippen LogP) is 1.09. The quantitative estimate of drug-likeness (QED) is 0.884. The van der Waals surface area contributed by atoms with Crippen molar-refractivity contribution >= 4 is 5.91 Å². The fraction of sp³-hybridized carbons (Fsp3) is 0.588. The molecule has 2 aromatic heterocycles. The van der Waals surface area contributed by atoms with Crippen LogP contribution in [0.15, 0.2) is 30.9 Å². The van der Waals surface area contributed by atoms with Crippen molar-refractivity contribution in [1.29, 1.82) is 0 Å². The number of carbonyl (C=O) groups excluding carboxylic acids is 1. The second-order valence-electron chi connectivity index (χ2n) is 6.83.